The summed E-state index contributed by atoms with van der Waals surface area (Å²) in [5, 5.41) is 2.90. The zero-order valence-electron chi connectivity index (χ0n) is 19.3. The van der Waals surface area contributed by atoms with Crippen LogP contribution in [-0.4, -0.2) is 43.8 Å². The van der Waals surface area contributed by atoms with Crippen LogP contribution in [0.3, 0.4) is 0 Å². The molecule has 0 unspecified atom stereocenters. The van der Waals surface area contributed by atoms with E-state index in [-0.39, 0.29) is 18.2 Å². The number of nitrogens with two attached hydrogens (primary N) is 1. The number of hydrogen-bond acceptors (Lipinski definition) is 8. The van der Waals surface area contributed by atoms with Crippen LogP contribution in [0.25, 0.3) is 11.2 Å². The Bertz CT molecular complexity index is 1120. The number of esters is 1. The number of para-hydroxylation sites is 1. The second-order valence-electron chi connectivity index (χ2n) is 8.36. The Hall–Kier alpha value is -2.97. The van der Waals surface area contributed by atoms with Crippen molar-refractivity contribution in [2.45, 2.75) is 52.8 Å². The maximum Gasteiger partial charge on any atom is 0.323 e. The van der Waals surface area contributed by atoms with Gasteiger partial charge in [-0.1, -0.05) is 25.1 Å². The number of carbonyl (C=O) groups is 1. The second-order valence-corrected chi connectivity index (χ2v) is 10.6. The number of nitrogens with zero attached hydrogens (tertiary/aromatic N) is 4. The van der Waals surface area contributed by atoms with E-state index in [1.807, 2.05) is 17.6 Å². The average Bonchev–Trinajstić information content (AvgIpc) is 3.16. The van der Waals surface area contributed by atoms with E-state index in [1.165, 1.54) is 6.33 Å². The van der Waals surface area contributed by atoms with E-state index in [0.29, 0.717) is 35.7 Å². The van der Waals surface area contributed by atoms with Gasteiger partial charge in [0, 0.05) is 12.7 Å². The summed E-state index contributed by atoms with van der Waals surface area (Å²) in [4.78, 5) is 24.8. The van der Waals surface area contributed by atoms with Gasteiger partial charge in [0.05, 0.1) is 12.4 Å². The molecule has 0 saturated heterocycles. The molecule has 0 fully saturated rings. The number of anilines is 1. The van der Waals surface area contributed by atoms with Crippen LogP contribution in [-0.2, 0) is 20.6 Å². The lowest BCUT2D eigenvalue weighted by atomic mass is 10.1. The summed E-state index contributed by atoms with van der Waals surface area (Å²) in [6.07, 6.45) is 3.62. The number of nitrogen functional groups attached to an aromatic ring is 1. The highest BCUT2D eigenvalue weighted by atomic mass is 31.2. The van der Waals surface area contributed by atoms with Gasteiger partial charge in [0.1, 0.15) is 23.6 Å². The molecule has 2 heterocycles. The molecule has 0 saturated carbocycles. The maximum atomic E-state index is 13.7. The smallest absolute Gasteiger partial charge is 0.323 e. The molecule has 178 valence electrons. The number of fused-ring (bicyclic) bond motifs is 1. The Kier molecular flexibility index (Phi) is 8.05. The van der Waals surface area contributed by atoms with E-state index in [2.05, 4.69) is 20.0 Å². The fourth-order valence-electron chi connectivity index (χ4n) is 3.32. The minimum absolute atomic E-state index is 0.117. The quantitative estimate of drug-likeness (QED) is 0.315. The van der Waals surface area contributed by atoms with Gasteiger partial charge in [-0.05, 0) is 45.2 Å². The zero-order chi connectivity index (χ0) is 24.0. The normalized spacial score (nSPS) is 15.2. The number of ether oxygens (including phenoxy) is 1. The van der Waals surface area contributed by atoms with Gasteiger partial charge in [0.2, 0.25) is 0 Å². The standard InChI is InChI=1S/C22H31N6O4P/c1-15(2)31-22(29)17(4)27-33(30,32-18-8-6-5-7-9-18)11-10-16(3)12-28-14-26-19-20(23)24-13-25-21(19)28/h5-9,13-17H,10-12H2,1-4H3,(H,27,30)(H2,23,24,25)/t16-,17+,33-/m0/s1. The summed E-state index contributed by atoms with van der Waals surface area (Å²) >= 11 is 0. The number of nitrogens with one attached hydrogen (secondary N) is 1. The summed E-state index contributed by atoms with van der Waals surface area (Å²) in [5.41, 5.74) is 7.08. The monoisotopic (exact) mass is 474 g/mol. The predicted molar refractivity (Wildman–Crippen MR) is 127 cm³/mol. The van der Waals surface area contributed by atoms with E-state index in [9.17, 15) is 9.36 Å². The molecular weight excluding hydrogens is 443 g/mol. The van der Waals surface area contributed by atoms with Crippen LogP contribution >= 0.6 is 7.52 Å². The van der Waals surface area contributed by atoms with Gasteiger partial charge < -0.3 is 19.6 Å². The Morgan fingerprint density at radius 1 is 1.15 bits per heavy atom. The molecule has 3 rings (SSSR count). The lowest BCUT2D eigenvalue weighted by Crippen LogP contribution is -2.36. The van der Waals surface area contributed by atoms with Gasteiger partial charge >= 0.3 is 13.5 Å². The highest BCUT2D eigenvalue weighted by Gasteiger charge is 2.31. The Morgan fingerprint density at radius 2 is 1.88 bits per heavy atom. The summed E-state index contributed by atoms with van der Waals surface area (Å²) in [6, 6.07) is 8.14. The maximum absolute atomic E-state index is 13.7. The minimum Gasteiger partial charge on any atom is -0.462 e. The second kappa shape index (κ2) is 10.8. The number of rotatable bonds is 11. The van der Waals surface area contributed by atoms with Gasteiger partial charge in [0.25, 0.3) is 0 Å². The fourth-order valence-corrected chi connectivity index (χ4v) is 5.53. The Labute approximate surface area is 193 Å². The number of benzene rings is 1. The first-order valence-corrected chi connectivity index (χ1v) is 12.7. The van der Waals surface area contributed by atoms with E-state index < -0.39 is 19.5 Å². The van der Waals surface area contributed by atoms with Gasteiger partial charge in [-0.15, -0.1) is 0 Å². The zero-order valence-corrected chi connectivity index (χ0v) is 20.2. The lowest BCUT2D eigenvalue weighted by molar-refractivity contribution is -0.149. The first-order chi connectivity index (χ1) is 15.7. The molecule has 0 bridgehead atoms. The highest BCUT2D eigenvalue weighted by Crippen LogP contribution is 2.45. The summed E-state index contributed by atoms with van der Waals surface area (Å²) in [6.45, 7) is 7.80. The first-order valence-electron chi connectivity index (χ1n) is 10.9. The Morgan fingerprint density at radius 3 is 2.58 bits per heavy atom. The molecule has 0 spiro atoms. The third kappa shape index (κ3) is 6.76. The largest absolute Gasteiger partial charge is 0.462 e. The van der Waals surface area contributed by atoms with Crippen molar-refractivity contribution in [1.82, 2.24) is 24.6 Å². The number of imidazole rings is 1. The van der Waals surface area contributed by atoms with Crippen molar-refractivity contribution >= 4 is 30.5 Å². The van der Waals surface area contributed by atoms with Crippen molar-refractivity contribution in [2.75, 3.05) is 11.9 Å². The molecule has 0 amide bonds. The molecule has 3 N–H and O–H groups in total. The molecule has 0 aliphatic carbocycles. The van der Waals surface area contributed by atoms with E-state index in [1.54, 1.807) is 51.4 Å². The molecule has 3 atom stereocenters. The van der Waals surface area contributed by atoms with Crippen molar-refractivity contribution in [3.8, 4) is 5.75 Å². The van der Waals surface area contributed by atoms with E-state index in [0.717, 1.165) is 0 Å². The summed E-state index contributed by atoms with van der Waals surface area (Å²) in [7, 11) is -3.42. The van der Waals surface area contributed by atoms with E-state index in [4.69, 9.17) is 15.0 Å². The van der Waals surface area contributed by atoms with Crippen molar-refractivity contribution in [3.63, 3.8) is 0 Å². The van der Waals surface area contributed by atoms with Crippen LogP contribution < -0.4 is 15.3 Å². The topological polar surface area (TPSA) is 134 Å². The Balaban J connectivity index is 1.70. The van der Waals surface area contributed by atoms with Crippen LogP contribution in [0.5, 0.6) is 5.75 Å². The van der Waals surface area contributed by atoms with Crippen LogP contribution in [0.2, 0.25) is 0 Å². The van der Waals surface area contributed by atoms with Gasteiger partial charge in [-0.3, -0.25) is 9.36 Å². The molecule has 0 radical (unpaired) electrons. The molecule has 10 nitrogen and oxygen atoms in total. The van der Waals surface area contributed by atoms with Crippen LogP contribution in [0.15, 0.2) is 43.0 Å². The molecule has 2 aromatic heterocycles. The lowest BCUT2D eigenvalue weighted by Gasteiger charge is -2.25. The molecular formula is C22H31N6O4P. The third-order valence-electron chi connectivity index (χ3n) is 4.95. The predicted octanol–water partition coefficient (Wildman–Crippen LogP) is 3.64. The first kappa shape index (κ1) is 24.7. The van der Waals surface area contributed by atoms with Crippen LogP contribution in [0, 0.1) is 5.92 Å². The number of aromatic nitrogens is 4. The van der Waals surface area contributed by atoms with E-state index >= 15 is 0 Å². The summed E-state index contributed by atoms with van der Waals surface area (Å²) in [5.74, 6) is 0.444. The van der Waals surface area contributed by atoms with Crippen molar-refractivity contribution in [1.29, 1.82) is 0 Å². The highest BCUT2D eigenvalue weighted by molar-refractivity contribution is 7.57. The fraction of sp³-hybridized carbons (Fsp3) is 0.455. The van der Waals surface area contributed by atoms with Crippen LogP contribution in [0.4, 0.5) is 5.82 Å². The van der Waals surface area contributed by atoms with Gasteiger partial charge in [-0.2, -0.15) is 0 Å². The molecule has 0 aliphatic heterocycles. The SMILES string of the molecule is CC(C)OC(=O)[C@@H](C)N[P@](=O)(CC[C@H](C)Cn1cnc2c(N)ncnc21)Oc1ccccc1. The summed E-state index contributed by atoms with van der Waals surface area (Å²) < 4.78 is 26.8. The van der Waals surface area contributed by atoms with Crippen molar-refractivity contribution < 1.29 is 18.6 Å². The molecule has 11 heteroatoms. The molecule has 33 heavy (non-hydrogen) atoms. The third-order valence-corrected chi connectivity index (χ3v) is 7.08. The van der Waals surface area contributed by atoms with Gasteiger partial charge in [0.15, 0.2) is 11.5 Å². The molecule has 0 aliphatic rings. The number of carbonyl (C=O) groups excluding carboxylic acids is 1. The molecule has 3 aromatic rings. The van der Waals surface area contributed by atoms with Crippen molar-refractivity contribution in [3.05, 3.63) is 43.0 Å². The molecule has 1 aromatic carbocycles. The minimum atomic E-state index is -3.42. The van der Waals surface area contributed by atoms with Crippen LogP contribution in [0.1, 0.15) is 34.1 Å². The van der Waals surface area contributed by atoms with Gasteiger partial charge in [-0.25, -0.2) is 20.0 Å². The van der Waals surface area contributed by atoms with Crippen molar-refractivity contribution in [2.24, 2.45) is 5.92 Å². The average molecular weight is 475 g/mol. The number of hydrogen-bond donors (Lipinski definition) is 2.